The average molecular weight is 258 g/mol. The minimum Gasteiger partial charge on any atom is -0.322 e. The van der Waals surface area contributed by atoms with Crippen LogP contribution >= 0.6 is 11.6 Å². The van der Waals surface area contributed by atoms with Crippen molar-refractivity contribution in [2.45, 2.75) is 0 Å². The summed E-state index contributed by atoms with van der Waals surface area (Å²) < 4.78 is 13.4. The number of halogens is 2. The van der Waals surface area contributed by atoms with Gasteiger partial charge in [-0.2, -0.15) is 0 Å². The minimum atomic E-state index is -0.527. The summed E-state index contributed by atoms with van der Waals surface area (Å²) in [5.74, 6) is -0.527. The molecule has 1 heterocycles. The molecule has 0 spiro atoms. The fourth-order valence-electron chi connectivity index (χ4n) is 1.67. The zero-order valence-corrected chi connectivity index (χ0v) is 9.93. The molecule has 1 aliphatic rings. The van der Waals surface area contributed by atoms with Crippen molar-refractivity contribution in [2.24, 2.45) is 0 Å². The lowest BCUT2D eigenvalue weighted by atomic mass is 10.3. The maximum absolute atomic E-state index is 13.4. The smallest absolute Gasteiger partial charge is 0.322 e. The van der Waals surface area contributed by atoms with Crippen LogP contribution in [0.15, 0.2) is 18.2 Å². The Kier molecular flexibility index (Phi) is 3.81. The predicted molar refractivity (Wildman–Crippen MR) is 64.9 cm³/mol. The van der Waals surface area contributed by atoms with Crippen molar-refractivity contribution >= 4 is 23.3 Å². The lowest BCUT2D eigenvalue weighted by Crippen LogP contribution is -2.48. The summed E-state index contributed by atoms with van der Waals surface area (Å²) in [6.07, 6.45) is 0. The summed E-state index contributed by atoms with van der Waals surface area (Å²) in [4.78, 5) is 13.5. The molecular formula is C11H13ClFN3O. The van der Waals surface area contributed by atoms with Gasteiger partial charge in [0.1, 0.15) is 5.82 Å². The van der Waals surface area contributed by atoms with Crippen molar-refractivity contribution in [2.75, 3.05) is 31.5 Å². The number of carbonyl (C=O) groups excluding carboxylic acids is 1. The van der Waals surface area contributed by atoms with Gasteiger partial charge in [-0.3, -0.25) is 0 Å². The number of hydrogen-bond acceptors (Lipinski definition) is 2. The van der Waals surface area contributed by atoms with Gasteiger partial charge >= 0.3 is 6.03 Å². The van der Waals surface area contributed by atoms with E-state index in [-0.39, 0.29) is 16.7 Å². The van der Waals surface area contributed by atoms with Crippen LogP contribution in [0.5, 0.6) is 0 Å². The van der Waals surface area contributed by atoms with Crippen LogP contribution < -0.4 is 10.6 Å². The standard InChI is InChI=1S/C11H13ClFN3O/c12-8-2-1-3-9(13)10(8)15-11(17)16-6-4-14-5-7-16/h1-3,14H,4-7H2,(H,15,17). The molecule has 2 rings (SSSR count). The Morgan fingerprint density at radius 2 is 2.12 bits per heavy atom. The first-order valence-electron chi connectivity index (χ1n) is 5.39. The van der Waals surface area contributed by atoms with Crippen LogP contribution in [-0.2, 0) is 0 Å². The summed E-state index contributed by atoms with van der Waals surface area (Å²) in [5, 5.41) is 5.84. The van der Waals surface area contributed by atoms with Crippen LogP contribution in [0.25, 0.3) is 0 Å². The fourth-order valence-corrected chi connectivity index (χ4v) is 1.88. The van der Waals surface area contributed by atoms with E-state index in [1.165, 1.54) is 18.2 Å². The highest BCUT2D eigenvalue weighted by atomic mass is 35.5. The zero-order valence-electron chi connectivity index (χ0n) is 9.17. The number of urea groups is 1. The molecule has 2 amide bonds. The average Bonchev–Trinajstić information content (AvgIpc) is 2.35. The van der Waals surface area contributed by atoms with E-state index < -0.39 is 5.82 Å². The number of hydrogen-bond donors (Lipinski definition) is 2. The molecule has 0 radical (unpaired) electrons. The second kappa shape index (κ2) is 5.33. The highest BCUT2D eigenvalue weighted by molar-refractivity contribution is 6.33. The van der Waals surface area contributed by atoms with E-state index in [1.54, 1.807) is 4.90 Å². The summed E-state index contributed by atoms with van der Waals surface area (Å²) in [7, 11) is 0. The summed E-state index contributed by atoms with van der Waals surface area (Å²) in [6, 6.07) is 3.98. The van der Waals surface area contributed by atoms with Crippen LogP contribution in [0.4, 0.5) is 14.9 Å². The van der Waals surface area contributed by atoms with E-state index in [1.807, 2.05) is 0 Å². The van der Waals surface area contributed by atoms with Crippen molar-refractivity contribution < 1.29 is 9.18 Å². The van der Waals surface area contributed by atoms with Gasteiger partial charge in [0.2, 0.25) is 0 Å². The first kappa shape index (κ1) is 12.1. The zero-order chi connectivity index (χ0) is 12.3. The van der Waals surface area contributed by atoms with E-state index in [4.69, 9.17) is 11.6 Å². The number of para-hydroxylation sites is 1. The highest BCUT2D eigenvalue weighted by Gasteiger charge is 2.18. The van der Waals surface area contributed by atoms with E-state index in [2.05, 4.69) is 10.6 Å². The third-order valence-corrected chi connectivity index (χ3v) is 2.91. The van der Waals surface area contributed by atoms with Crippen molar-refractivity contribution in [3.8, 4) is 0 Å². The summed E-state index contributed by atoms with van der Waals surface area (Å²) >= 11 is 5.83. The van der Waals surface area contributed by atoms with Gasteiger partial charge in [0.15, 0.2) is 0 Å². The monoisotopic (exact) mass is 257 g/mol. The number of nitrogens with zero attached hydrogens (tertiary/aromatic N) is 1. The molecule has 6 heteroatoms. The number of benzene rings is 1. The molecule has 1 aliphatic heterocycles. The van der Waals surface area contributed by atoms with Crippen LogP contribution in [0.3, 0.4) is 0 Å². The molecular weight excluding hydrogens is 245 g/mol. The molecule has 1 aromatic rings. The number of amides is 2. The quantitative estimate of drug-likeness (QED) is 0.807. The third-order valence-electron chi connectivity index (χ3n) is 2.60. The highest BCUT2D eigenvalue weighted by Crippen LogP contribution is 2.24. The number of piperazine rings is 1. The molecule has 92 valence electrons. The summed E-state index contributed by atoms with van der Waals surface area (Å²) in [5.41, 5.74) is 0.0395. The van der Waals surface area contributed by atoms with Crippen molar-refractivity contribution in [3.63, 3.8) is 0 Å². The van der Waals surface area contributed by atoms with Gasteiger partial charge in [0.25, 0.3) is 0 Å². The van der Waals surface area contributed by atoms with E-state index in [9.17, 15) is 9.18 Å². The van der Waals surface area contributed by atoms with Gasteiger partial charge in [-0.15, -0.1) is 0 Å². The lowest BCUT2D eigenvalue weighted by Gasteiger charge is -2.27. The van der Waals surface area contributed by atoms with Gasteiger partial charge in [-0.25, -0.2) is 9.18 Å². The third kappa shape index (κ3) is 2.87. The molecule has 1 fully saturated rings. The molecule has 17 heavy (non-hydrogen) atoms. The predicted octanol–water partition coefficient (Wildman–Crippen LogP) is 1.92. The Labute approximate surface area is 104 Å². The SMILES string of the molecule is O=C(Nc1c(F)cccc1Cl)N1CCNCC1. The first-order chi connectivity index (χ1) is 8.18. The normalized spacial score (nSPS) is 15.8. The second-order valence-corrected chi connectivity index (χ2v) is 4.17. The number of nitrogens with one attached hydrogen (secondary N) is 2. The van der Waals surface area contributed by atoms with Gasteiger partial charge in [-0.05, 0) is 12.1 Å². The van der Waals surface area contributed by atoms with E-state index in [0.717, 1.165) is 13.1 Å². The Balaban J connectivity index is 2.07. The Morgan fingerprint density at radius 1 is 1.41 bits per heavy atom. The van der Waals surface area contributed by atoms with Crippen LogP contribution in [0.1, 0.15) is 0 Å². The van der Waals surface area contributed by atoms with E-state index >= 15 is 0 Å². The molecule has 2 N–H and O–H groups in total. The molecule has 0 bridgehead atoms. The van der Waals surface area contributed by atoms with Gasteiger partial charge in [0, 0.05) is 26.2 Å². The van der Waals surface area contributed by atoms with Crippen molar-refractivity contribution in [1.82, 2.24) is 10.2 Å². The van der Waals surface area contributed by atoms with Crippen LogP contribution in [0.2, 0.25) is 5.02 Å². The number of anilines is 1. The topological polar surface area (TPSA) is 44.4 Å². The van der Waals surface area contributed by atoms with Crippen LogP contribution in [-0.4, -0.2) is 37.1 Å². The molecule has 0 unspecified atom stereocenters. The van der Waals surface area contributed by atoms with Gasteiger partial charge in [0.05, 0.1) is 10.7 Å². The molecule has 1 aromatic carbocycles. The Bertz CT molecular complexity index is 401. The van der Waals surface area contributed by atoms with Crippen molar-refractivity contribution in [1.29, 1.82) is 0 Å². The Hall–Kier alpha value is -1.33. The maximum Gasteiger partial charge on any atom is 0.322 e. The molecule has 0 aliphatic carbocycles. The summed E-state index contributed by atoms with van der Waals surface area (Å²) in [6.45, 7) is 2.71. The van der Waals surface area contributed by atoms with Gasteiger partial charge < -0.3 is 15.5 Å². The molecule has 4 nitrogen and oxygen atoms in total. The lowest BCUT2D eigenvalue weighted by molar-refractivity contribution is 0.203. The maximum atomic E-state index is 13.4. The molecule has 1 saturated heterocycles. The van der Waals surface area contributed by atoms with Crippen molar-refractivity contribution in [3.05, 3.63) is 29.0 Å². The van der Waals surface area contributed by atoms with E-state index in [0.29, 0.717) is 13.1 Å². The second-order valence-electron chi connectivity index (χ2n) is 3.76. The van der Waals surface area contributed by atoms with Crippen LogP contribution in [0, 0.1) is 5.82 Å². The molecule has 0 saturated carbocycles. The molecule has 0 aromatic heterocycles. The van der Waals surface area contributed by atoms with Gasteiger partial charge in [-0.1, -0.05) is 17.7 Å². The number of carbonyl (C=O) groups is 1. The minimum absolute atomic E-state index is 0.0395. The first-order valence-corrected chi connectivity index (χ1v) is 5.77. The fraction of sp³-hybridized carbons (Fsp3) is 0.364. The number of rotatable bonds is 1. The Morgan fingerprint density at radius 3 is 2.76 bits per heavy atom. The largest absolute Gasteiger partial charge is 0.322 e. The molecule has 0 atom stereocenters.